The number of Topliss-reactive ketones (excluding diaryl/α,β-unsaturated/α-hetero) is 1. The summed E-state index contributed by atoms with van der Waals surface area (Å²) in [4.78, 5) is 52.1. The molecule has 7 atom stereocenters. The monoisotopic (exact) mass is 528 g/mol. The number of ether oxygens (including phenoxy) is 3. The maximum atomic E-state index is 14.3. The van der Waals surface area contributed by atoms with E-state index < -0.39 is 57.7 Å². The van der Waals surface area contributed by atoms with Gasteiger partial charge < -0.3 is 23.7 Å². The topological polar surface area (TPSA) is 129 Å². The minimum absolute atomic E-state index is 0.0420. The van der Waals surface area contributed by atoms with Crippen molar-refractivity contribution in [3.63, 3.8) is 0 Å². The summed E-state index contributed by atoms with van der Waals surface area (Å²) in [5, 5.41) is 12.2. The Morgan fingerprint density at radius 3 is 2.50 bits per heavy atom. The molecule has 5 rings (SSSR count). The Labute approximate surface area is 221 Å². The summed E-state index contributed by atoms with van der Waals surface area (Å²) in [5.41, 5.74) is -2.24. The first kappa shape index (κ1) is 26.7. The van der Waals surface area contributed by atoms with Crippen LogP contribution in [0.2, 0.25) is 0 Å². The van der Waals surface area contributed by atoms with Crippen LogP contribution < -0.4 is 0 Å². The van der Waals surface area contributed by atoms with Crippen molar-refractivity contribution in [2.75, 3.05) is 7.11 Å². The second-order valence-electron chi connectivity index (χ2n) is 12.5. The van der Waals surface area contributed by atoms with Crippen molar-refractivity contribution < 1.29 is 42.9 Å². The lowest BCUT2D eigenvalue weighted by molar-refractivity contribution is -0.235. The summed E-state index contributed by atoms with van der Waals surface area (Å²) in [6.45, 7) is 8.78. The van der Waals surface area contributed by atoms with Crippen molar-refractivity contribution >= 4 is 23.7 Å². The highest BCUT2D eigenvalue weighted by Crippen LogP contribution is 2.68. The molecule has 206 valence electrons. The molecule has 0 radical (unpaired) electrons. The molecule has 9 nitrogen and oxygen atoms in total. The Morgan fingerprint density at radius 1 is 1.18 bits per heavy atom. The fourth-order valence-corrected chi connectivity index (χ4v) is 8.47. The van der Waals surface area contributed by atoms with Gasteiger partial charge in [-0.1, -0.05) is 33.3 Å². The maximum absolute atomic E-state index is 14.3. The lowest BCUT2D eigenvalue weighted by atomic mass is 9.39. The van der Waals surface area contributed by atoms with E-state index in [9.17, 15) is 24.3 Å². The standard InChI is InChI=1S/C29H36O9/c1-15(30)37-25-26(2,3)20(12-21(31)35-6)28(5)18-7-9-27(4)19(17(18)13-29(25,34)24(28)33)11-22(32)38-23(27)16-8-10-36-14-16/h8,10,14,18,20,23,25,34H,7,9,11-13H2,1-6H3/t18?,20-,23-,25-,27+,28+,29-/m0/s1. The average Bonchev–Trinajstić information content (AvgIpc) is 3.38. The zero-order valence-electron chi connectivity index (χ0n) is 22.8. The fraction of sp³-hybridized carbons (Fsp3) is 0.655. The summed E-state index contributed by atoms with van der Waals surface area (Å²) in [7, 11) is 1.30. The number of cyclic esters (lactones) is 1. The third-order valence-corrected chi connectivity index (χ3v) is 10.1. The Hall–Kier alpha value is -2.94. The van der Waals surface area contributed by atoms with E-state index in [0.29, 0.717) is 12.8 Å². The van der Waals surface area contributed by atoms with Gasteiger partial charge in [-0.05, 0) is 36.3 Å². The van der Waals surface area contributed by atoms with E-state index >= 15 is 0 Å². The van der Waals surface area contributed by atoms with Crippen LogP contribution in [-0.2, 0) is 33.4 Å². The molecule has 38 heavy (non-hydrogen) atoms. The molecule has 1 unspecified atom stereocenters. The molecule has 3 fully saturated rings. The molecule has 4 aliphatic rings. The highest BCUT2D eigenvalue weighted by atomic mass is 16.6. The van der Waals surface area contributed by atoms with E-state index in [0.717, 1.165) is 16.7 Å². The van der Waals surface area contributed by atoms with E-state index in [1.54, 1.807) is 12.3 Å². The van der Waals surface area contributed by atoms with E-state index in [2.05, 4.69) is 0 Å². The molecule has 0 amide bonds. The predicted octanol–water partition coefficient (Wildman–Crippen LogP) is 3.84. The molecule has 2 bridgehead atoms. The smallest absolute Gasteiger partial charge is 0.310 e. The average molecular weight is 529 g/mol. The zero-order chi connectivity index (χ0) is 27.8. The minimum Gasteiger partial charge on any atom is -0.472 e. The molecule has 1 aromatic rings. The largest absolute Gasteiger partial charge is 0.472 e. The molecule has 0 aromatic carbocycles. The van der Waals surface area contributed by atoms with Crippen LogP contribution in [0.4, 0.5) is 0 Å². The van der Waals surface area contributed by atoms with Gasteiger partial charge in [-0.3, -0.25) is 19.2 Å². The van der Waals surface area contributed by atoms with Crippen LogP contribution in [0.3, 0.4) is 0 Å². The van der Waals surface area contributed by atoms with Crippen LogP contribution in [0.15, 0.2) is 34.2 Å². The number of carbonyl (C=O) groups excluding carboxylic acids is 4. The van der Waals surface area contributed by atoms with Crippen molar-refractivity contribution in [1.29, 1.82) is 0 Å². The van der Waals surface area contributed by atoms with E-state index in [4.69, 9.17) is 18.6 Å². The number of hydrogen-bond donors (Lipinski definition) is 1. The number of rotatable bonds is 4. The van der Waals surface area contributed by atoms with Gasteiger partial charge in [0.1, 0.15) is 12.2 Å². The van der Waals surface area contributed by atoms with Crippen molar-refractivity contribution in [2.24, 2.45) is 28.1 Å². The normalized spacial score (nSPS) is 39.6. The van der Waals surface area contributed by atoms with E-state index in [1.165, 1.54) is 20.3 Å². The van der Waals surface area contributed by atoms with Crippen molar-refractivity contribution in [3.8, 4) is 0 Å². The first-order valence-corrected chi connectivity index (χ1v) is 13.2. The molecule has 3 aliphatic carbocycles. The predicted molar refractivity (Wildman–Crippen MR) is 132 cm³/mol. The molecule has 9 heteroatoms. The molecule has 2 saturated carbocycles. The van der Waals surface area contributed by atoms with Crippen LogP contribution >= 0.6 is 0 Å². The molecule has 2 heterocycles. The number of esters is 3. The Kier molecular flexibility index (Phi) is 5.98. The zero-order valence-corrected chi connectivity index (χ0v) is 22.8. The van der Waals surface area contributed by atoms with Crippen LogP contribution in [0, 0.1) is 28.1 Å². The number of methoxy groups -OCH3 is 1. The van der Waals surface area contributed by atoms with Gasteiger partial charge in [0.2, 0.25) is 0 Å². The second-order valence-corrected chi connectivity index (χ2v) is 12.5. The third kappa shape index (κ3) is 3.46. The summed E-state index contributed by atoms with van der Waals surface area (Å²) in [5.74, 6) is -2.82. The molecule has 0 spiro atoms. The van der Waals surface area contributed by atoms with Crippen LogP contribution in [-0.4, -0.2) is 47.6 Å². The lowest BCUT2D eigenvalue weighted by Crippen LogP contribution is -2.74. The summed E-state index contributed by atoms with van der Waals surface area (Å²) < 4.78 is 21.9. The quantitative estimate of drug-likeness (QED) is 0.352. The van der Waals surface area contributed by atoms with E-state index in [1.807, 2.05) is 27.7 Å². The fourth-order valence-electron chi connectivity index (χ4n) is 8.47. The minimum atomic E-state index is -2.01. The molecule has 1 N–H and O–H groups in total. The second kappa shape index (κ2) is 8.53. The number of fused-ring (bicyclic) bond motifs is 5. The SMILES string of the molecule is COC(=O)C[C@H]1C(C)(C)[C@H](OC(C)=O)[C@]2(O)CC3=C4CC(=O)O[C@@H](c5ccoc5)[C@]4(C)CCC3[C@@]1(C)C2=O. The van der Waals surface area contributed by atoms with Crippen LogP contribution in [0.1, 0.15) is 78.4 Å². The van der Waals surface area contributed by atoms with Gasteiger partial charge in [0.15, 0.2) is 11.4 Å². The van der Waals surface area contributed by atoms with Crippen LogP contribution in [0.25, 0.3) is 0 Å². The molecule has 1 aliphatic heterocycles. The lowest BCUT2D eigenvalue weighted by Gasteiger charge is -2.65. The Bertz CT molecular complexity index is 1230. The van der Waals surface area contributed by atoms with Gasteiger partial charge in [-0.25, -0.2) is 0 Å². The van der Waals surface area contributed by atoms with E-state index in [-0.39, 0.29) is 31.1 Å². The summed E-state index contributed by atoms with van der Waals surface area (Å²) in [6.07, 6.45) is 2.51. The van der Waals surface area contributed by atoms with Gasteiger partial charge in [0.05, 0.1) is 26.1 Å². The first-order chi connectivity index (χ1) is 17.7. The summed E-state index contributed by atoms with van der Waals surface area (Å²) >= 11 is 0. The molecule has 1 aromatic heterocycles. The van der Waals surface area contributed by atoms with Crippen LogP contribution in [0.5, 0.6) is 0 Å². The molecular weight excluding hydrogens is 492 g/mol. The van der Waals surface area contributed by atoms with Gasteiger partial charge in [0.25, 0.3) is 0 Å². The van der Waals surface area contributed by atoms with Gasteiger partial charge in [-0.15, -0.1) is 0 Å². The first-order valence-electron chi connectivity index (χ1n) is 13.2. The number of hydrogen-bond acceptors (Lipinski definition) is 9. The Balaban J connectivity index is 1.73. The number of carbonyl (C=O) groups is 4. The van der Waals surface area contributed by atoms with Crippen molar-refractivity contribution in [3.05, 3.63) is 35.3 Å². The van der Waals surface area contributed by atoms with Crippen molar-refractivity contribution in [2.45, 2.75) is 84.5 Å². The van der Waals surface area contributed by atoms with Gasteiger partial charge >= 0.3 is 17.9 Å². The number of aliphatic hydroxyl groups is 1. The molecule has 1 saturated heterocycles. The maximum Gasteiger partial charge on any atom is 0.310 e. The number of furan rings is 1. The number of ketones is 1. The van der Waals surface area contributed by atoms with Gasteiger partial charge in [0, 0.05) is 41.6 Å². The Morgan fingerprint density at radius 2 is 1.89 bits per heavy atom. The molecular formula is C29H36O9. The highest BCUT2D eigenvalue weighted by molar-refractivity contribution is 5.98. The third-order valence-electron chi connectivity index (χ3n) is 10.1. The summed E-state index contributed by atoms with van der Waals surface area (Å²) in [6, 6.07) is 1.78. The van der Waals surface area contributed by atoms with Crippen molar-refractivity contribution in [1.82, 2.24) is 0 Å². The van der Waals surface area contributed by atoms with Gasteiger partial charge in [-0.2, -0.15) is 0 Å². The highest BCUT2D eigenvalue weighted by Gasteiger charge is 2.74.